The lowest BCUT2D eigenvalue weighted by Crippen LogP contribution is -2.37. The highest BCUT2D eigenvalue weighted by Crippen LogP contribution is 2.31. The van der Waals surface area contributed by atoms with Crippen molar-refractivity contribution < 1.29 is 22.3 Å². The minimum atomic E-state index is -3.96. The minimum absolute atomic E-state index is 0.0438. The van der Waals surface area contributed by atoms with Crippen molar-refractivity contribution in [3.63, 3.8) is 0 Å². The van der Waals surface area contributed by atoms with E-state index in [0.29, 0.717) is 23.5 Å². The van der Waals surface area contributed by atoms with E-state index >= 15 is 0 Å². The van der Waals surface area contributed by atoms with Gasteiger partial charge in [0.05, 0.1) is 10.6 Å². The molecule has 1 aliphatic rings. The number of carbonyl (C=O) groups is 1. The van der Waals surface area contributed by atoms with Crippen LogP contribution in [0, 0.1) is 12.7 Å². The summed E-state index contributed by atoms with van der Waals surface area (Å²) in [5.41, 5.74) is 2.39. The molecule has 6 nitrogen and oxygen atoms in total. The Balaban J connectivity index is 1.93. The van der Waals surface area contributed by atoms with Crippen molar-refractivity contribution in [2.24, 2.45) is 0 Å². The molecule has 0 aromatic heterocycles. The van der Waals surface area contributed by atoms with Gasteiger partial charge in [-0.2, -0.15) is 0 Å². The smallest absolute Gasteiger partial charge is 0.262 e. The summed E-state index contributed by atoms with van der Waals surface area (Å²) in [5.74, 6) is -0.804. The number of anilines is 2. The standard InChI is InChI=1S/C19H21FN2O4S/c1-13-5-7-15(20)10-18(13)27(24,25)21-16-8-6-14-4-3-9-22(17(14)11-16)19(23)12-26-2/h5-8,10-11,21H,3-4,9,12H2,1-2H3. The third-order valence-corrected chi connectivity index (χ3v) is 5.99. The average molecular weight is 392 g/mol. The summed E-state index contributed by atoms with van der Waals surface area (Å²) in [4.78, 5) is 13.8. The van der Waals surface area contributed by atoms with Gasteiger partial charge in [-0.1, -0.05) is 12.1 Å². The summed E-state index contributed by atoms with van der Waals surface area (Å²) in [5, 5.41) is 0. The molecule has 1 heterocycles. The lowest BCUT2D eigenvalue weighted by atomic mass is 10.0. The molecule has 0 aliphatic carbocycles. The van der Waals surface area contributed by atoms with E-state index in [-0.39, 0.29) is 17.4 Å². The number of benzene rings is 2. The average Bonchev–Trinajstić information content (AvgIpc) is 2.63. The first-order valence-corrected chi connectivity index (χ1v) is 10.0. The van der Waals surface area contributed by atoms with Gasteiger partial charge in [0.2, 0.25) is 0 Å². The molecule has 0 atom stereocenters. The summed E-state index contributed by atoms with van der Waals surface area (Å²) in [6.45, 7) is 2.11. The van der Waals surface area contributed by atoms with Gasteiger partial charge in [-0.3, -0.25) is 9.52 Å². The van der Waals surface area contributed by atoms with Gasteiger partial charge in [0.1, 0.15) is 12.4 Å². The summed E-state index contributed by atoms with van der Waals surface area (Å²) >= 11 is 0. The molecular weight excluding hydrogens is 371 g/mol. The van der Waals surface area contributed by atoms with Crippen LogP contribution in [0.15, 0.2) is 41.3 Å². The fourth-order valence-corrected chi connectivity index (χ4v) is 4.48. The van der Waals surface area contributed by atoms with Crippen LogP contribution in [0.4, 0.5) is 15.8 Å². The molecule has 2 aromatic carbocycles. The van der Waals surface area contributed by atoms with Crippen LogP contribution in [-0.2, 0) is 26.0 Å². The molecule has 1 N–H and O–H groups in total. The van der Waals surface area contributed by atoms with E-state index in [4.69, 9.17) is 4.74 Å². The molecule has 0 saturated carbocycles. The van der Waals surface area contributed by atoms with Gasteiger partial charge < -0.3 is 9.64 Å². The Kier molecular flexibility index (Phi) is 5.48. The molecule has 0 spiro atoms. The van der Waals surface area contributed by atoms with Gasteiger partial charge in [0.25, 0.3) is 15.9 Å². The fraction of sp³-hybridized carbons (Fsp3) is 0.316. The van der Waals surface area contributed by atoms with E-state index in [2.05, 4.69) is 4.72 Å². The van der Waals surface area contributed by atoms with Gasteiger partial charge in [0.15, 0.2) is 0 Å². The number of aryl methyl sites for hydroxylation is 2. The number of rotatable bonds is 5. The van der Waals surface area contributed by atoms with Crippen LogP contribution in [0.2, 0.25) is 0 Å². The number of hydrogen-bond donors (Lipinski definition) is 1. The summed E-state index contributed by atoms with van der Waals surface area (Å²) in [6.07, 6.45) is 1.64. The maximum atomic E-state index is 13.5. The van der Waals surface area contributed by atoms with Gasteiger partial charge in [-0.15, -0.1) is 0 Å². The van der Waals surface area contributed by atoms with Crippen LogP contribution in [0.5, 0.6) is 0 Å². The molecule has 27 heavy (non-hydrogen) atoms. The number of nitrogens with zero attached hydrogens (tertiary/aromatic N) is 1. The lowest BCUT2D eigenvalue weighted by molar-refractivity contribution is -0.122. The quantitative estimate of drug-likeness (QED) is 0.849. The lowest BCUT2D eigenvalue weighted by Gasteiger charge is -2.30. The van der Waals surface area contributed by atoms with Crippen LogP contribution < -0.4 is 9.62 Å². The molecule has 3 rings (SSSR count). The largest absolute Gasteiger partial charge is 0.375 e. The highest BCUT2D eigenvalue weighted by Gasteiger charge is 2.24. The Hall–Kier alpha value is -2.45. The number of hydrogen-bond acceptors (Lipinski definition) is 4. The van der Waals surface area contributed by atoms with Crippen LogP contribution in [0.3, 0.4) is 0 Å². The van der Waals surface area contributed by atoms with Crippen LogP contribution >= 0.6 is 0 Å². The first-order chi connectivity index (χ1) is 12.8. The van der Waals surface area contributed by atoms with Crippen molar-refractivity contribution in [3.05, 3.63) is 53.3 Å². The maximum absolute atomic E-state index is 13.5. The zero-order valence-electron chi connectivity index (χ0n) is 15.2. The molecule has 8 heteroatoms. The number of ether oxygens (including phenoxy) is 1. The van der Waals surface area contributed by atoms with Gasteiger partial charge in [0, 0.05) is 19.3 Å². The van der Waals surface area contributed by atoms with Gasteiger partial charge >= 0.3 is 0 Å². The number of fused-ring (bicyclic) bond motifs is 1. The third kappa shape index (κ3) is 4.12. The Morgan fingerprint density at radius 3 is 2.78 bits per heavy atom. The van der Waals surface area contributed by atoms with E-state index in [1.807, 2.05) is 0 Å². The fourth-order valence-electron chi connectivity index (χ4n) is 3.17. The Morgan fingerprint density at radius 2 is 2.04 bits per heavy atom. The SMILES string of the molecule is COCC(=O)N1CCCc2ccc(NS(=O)(=O)c3cc(F)ccc3C)cc21. The topological polar surface area (TPSA) is 75.7 Å². The molecule has 0 saturated heterocycles. The van der Waals surface area contributed by atoms with Crippen molar-refractivity contribution in [1.29, 1.82) is 0 Å². The molecule has 2 aromatic rings. The first kappa shape index (κ1) is 19.3. The maximum Gasteiger partial charge on any atom is 0.262 e. The van der Waals surface area contributed by atoms with Crippen molar-refractivity contribution in [2.45, 2.75) is 24.7 Å². The van der Waals surface area contributed by atoms with Crippen molar-refractivity contribution in [3.8, 4) is 0 Å². The number of nitrogens with one attached hydrogen (secondary N) is 1. The second-order valence-electron chi connectivity index (χ2n) is 6.44. The summed E-state index contributed by atoms with van der Waals surface area (Å²) < 4.78 is 46.3. The van der Waals surface area contributed by atoms with Gasteiger partial charge in [-0.25, -0.2) is 12.8 Å². The van der Waals surface area contributed by atoms with Crippen LogP contribution in [0.25, 0.3) is 0 Å². The predicted molar refractivity (Wildman–Crippen MR) is 101 cm³/mol. The van der Waals surface area contributed by atoms with E-state index < -0.39 is 15.8 Å². The van der Waals surface area contributed by atoms with Crippen LogP contribution in [-0.4, -0.2) is 34.6 Å². The van der Waals surface area contributed by atoms with E-state index in [0.717, 1.165) is 24.5 Å². The van der Waals surface area contributed by atoms with Crippen molar-refractivity contribution in [1.82, 2.24) is 0 Å². The molecular formula is C19H21FN2O4S. The molecule has 1 aliphatic heterocycles. The molecule has 0 unspecified atom stereocenters. The highest BCUT2D eigenvalue weighted by molar-refractivity contribution is 7.92. The molecule has 0 bridgehead atoms. The normalized spacial score (nSPS) is 14.0. The summed E-state index contributed by atoms with van der Waals surface area (Å²) in [6, 6.07) is 8.71. The van der Waals surface area contributed by atoms with E-state index in [9.17, 15) is 17.6 Å². The molecule has 0 fully saturated rings. The number of amides is 1. The van der Waals surface area contributed by atoms with E-state index in [1.54, 1.807) is 30.0 Å². The zero-order valence-corrected chi connectivity index (χ0v) is 16.0. The molecule has 144 valence electrons. The third-order valence-electron chi connectivity index (χ3n) is 4.46. The number of methoxy groups -OCH3 is 1. The minimum Gasteiger partial charge on any atom is -0.375 e. The predicted octanol–water partition coefficient (Wildman–Crippen LogP) is 2.86. The second-order valence-corrected chi connectivity index (χ2v) is 8.09. The van der Waals surface area contributed by atoms with E-state index in [1.165, 1.54) is 19.2 Å². The van der Waals surface area contributed by atoms with Gasteiger partial charge in [-0.05, 0) is 55.2 Å². The second kappa shape index (κ2) is 7.66. The first-order valence-electron chi connectivity index (χ1n) is 8.53. The number of carbonyl (C=O) groups excluding carboxylic acids is 1. The number of halogens is 1. The molecule has 0 radical (unpaired) electrons. The van der Waals surface area contributed by atoms with Crippen molar-refractivity contribution in [2.75, 3.05) is 29.9 Å². The number of sulfonamides is 1. The monoisotopic (exact) mass is 392 g/mol. The summed E-state index contributed by atoms with van der Waals surface area (Å²) in [7, 11) is -2.51. The van der Waals surface area contributed by atoms with Crippen LogP contribution in [0.1, 0.15) is 17.5 Å². The highest BCUT2D eigenvalue weighted by atomic mass is 32.2. The Bertz CT molecular complexity index is 976. The Labute approximate surface area is 158 Å². The zero-order chi connectivity index (χ0) is 19.6. The Morgan fingerprint density at radius 1 is 1.26 bits per heavy atom. The molecule has 1 amide bonds. The van der Waals surface area contributed by atoms with Crippen molar-refractivity contribution >= 4 is 27.3 Å².